The quantitative estimate of drug-likeness (QED) is 0.307. The molecule has 2 heterocycles. The van der Waals surface area contributed by atoms with Gasteiger partial charge >= 0.3 is 17.6 Å². The molecule has 1 aliphatic heterocycles. The van der Waals surface area contributed by atoms with E-state index >= 15 is 0 Å². The first-order valence-corrected chi connectivity index (χ1v) is 7.20. The average Bonchev–Trinajstić information content (AvgIpc) is 2.82. The molecule has 134 valence electrons. The van der Waals surface area contributed by atoms with Crippen LogP contribution < -0.4 is 11.2 Å². The summed E-state index contributed by atoms with van der Waals surface area (Å²) >= 11 is 0. The van der Waals surface area contributed by atoms with Crippen molar-refractivity contribution in [3.8, 4) is 0 Å². The number of azide groups is 1. The number of nitrogens with one attached hydrogen (secondary N) is 1. The van der Waals surface area contributed by atoms with E-state index in [1.165, 1.54) is 0 Å². The minimum Gasteiger partial charge on any atom is -0.481 e. The van der Waals surface area contributed by atoms with Gasteiger partial charge in [0.05, 0.1) is 19.1 Å². The van der Waals surface area contributed by atoms with Crippen molar-refractivity contribution in [3.05, 3.63) is 43.5 Å². The SMILES string of the molecule is CC(=O)O[C@@H]1[C@H](CC(=O)O)[C@@H](CN=[N+]=[N-])O[C@H]1n1ccc(=O)[nH]c1=O. The number of carboxylic acid groups (broad SMARTS) is 1. The van der Waals surface area contributed by atoms with Crippen molar-refractivity contribution in [3.63, 3.8) is 0 Å². The summed E-state index contributed by atoms with van der Waals surface area (Å²) in [7, 11) is 0. The molecule has 0 unspecified atom stereocenters. The van der Waals surface area contributed by atoms with Gasteiger partial charge in [0.25, 0.3) is 5.56 Å². The molecule has 2 rings (SSSR count). The number of hydrogen-bond donors (Lipinski definition) is 2. The highest BCUT2D eigenvalue weighted by Crippen LogP contribution is 2.37. The number of rotatable bonds is 6. The van der Waals surface area contributed by atoms with Gasteiger partial charge in [-0.25, -0.2) is 4.79 Å². The summed E-state index contributed by atoms with van der Waals surface area (Å²) in [4.78, 5) is 50.4. The Morgan fingerprint density at radius 2 is 2.24 bits per heavy atom. The Morgan fingerprint density at radius 3 is 2.80 bits per heavy atom. The lowest BCUT2D eigenvalue weighted by molar-refractivity contribution is -0.155. The molecule has 12 heteroatoms. The van der Waals surface area contributed by atoms with E-state index in [2.05, 4.69) is 10.0 Å². The molecule has 0 aliphatic carbocycles. The molecule has 1 aromatic rings. The number of aromatic amines is 1. The number of carbonyl (C=O) groups is 2. The summed E-state index contributed by atoms with van der Waals surface area (Å²) in [5.74, 6) is -2.72. The van der Waals surface area contributed by atoms with Crippen LogP contribution in [0.5, 0.6) is 0 Å². The molecule has 2 N–H and O–H groups in total. The topological polar surface area (TPSA) is 176 Å². The second-order valence-corrected chi connectivity index (χ2v) is 5.33. The van der Waals surface area contributed by atoms with Crippen molar-refractivity contribution in [2.45, 2.75) is 31.8 Å². The van der Waals surface area contributed by atoms with Crippen LogP contribution in [-0.4, -0.2) is 45.3 Å². The summed E-state index contributed by atoms with van der Waals surface area (Å²) in [6.07, 6.45) is -2.46. The normalized spacial score (nSPS) is 25.2. The molecule has 0 aromatic carbocycles. The Balaban J connectivity index is 2.46. The zero-order chi connectivity index (χ0) is 18.6. The Bertz CT molecular complexity index is 825. The number of carbonyl (C=O) groups excluding carboxylic acids is 1. The number of ether oxygens (including phenoxy) is 2. The largest absolute Gasteiger partial charge is 0.481 e. The highest BCUT2D eigenvalue weighted by molar-refractivity contribution is 5.68. The third kappa shape index (κ3) is 4.25. The van der Waals surface area contributed by atoms with Crippen LogP contribution in [0.25, 0.3) is 10.4 Å². The lowest BCUT2D eigenvalue weighted by Crippen LogP contribution is -2.38. The Morgan fingerprint density at radius 1 is 1.52 bits per heavy atom. The van der Waals surface area contributed by atoms with Crippen molar-refractivity contribution < 1.29 is 24.2 Å². The van der Waals surface area contributed by atoms with Crippen molar-refractivity contribution in [2.24, 2.45) is 11.0 Å². The molecule has 25 heavy (non-hydrogen) atoms. The number of carboxylic acids is 1. The number of esters is 1. The standard InChI is InChI=1S/C13H15N5O7/c1-6(19)24-11-7(4-10(21)22)8(5-15-17-14)25-12(11)18-3-2-9(20)16-13(18)23/h2-3,7-8,11-12H,4-5H2,1H3,(H,21,22)(H,16,20,23)/t7-,8-,11-,12-/m1/s1. The fourth-order valence-electron chi connectivity index (χ4n) is 2.71. The van der Waals surface area contributed by atoms with E-state index in [1.54, 1.807) is 0 Å². The molecule has 1 fully saturated rings. The minimum atomic E-state index is -1.17. The molecular weight excluding hydrogens is 338 g/mol. The maximum atomic E-state index is 12.0. The van der Waals surface area contributed by atoms with Gasteiger partial charge in [0.15, 0.2) is 12.3 Å². The van der Waals surface area contributed by atoms with E-state index < -0.39 is 54.0 Å². The molecular formula is C13H15N5O7. The van der Waals surface area contributed by atoms with Crippen LogP contribution in [0.4, 0.5) is 0 Å². The summed E-state index contributed by atoms with van der Waals surface area (Å²) in [5, 5.41) is 12.5. The van der Waals surface area contributed by atoms with Crippen molar-refractivity contribution >= 4 is 11.9 Å². The average molecular weight is 353 g/mol. The van der Waals surface area contributed by atoms with Crippen LogP contribution in [0.1, 0.15) is 19.6 Å². The second-order valence-electron chi connectivity index (χ2n) is 5.33. The maximum Gasteiger partial charge on any atom is 0.330 e. The van der Waals surface area contributed by atoms with Gasteiger partial charge in [0.2, 0.25) is 0 Å². The Labute approximate surface area is 139 Å². The highest BCUT2D eigenvalue weighted by Gasteiger charge is 2.48. The third-order valence-electron chi connectivity index (χ3n) is 3.66. The molecule has 0 bridgehead atoms. The van der Waals surface area contributed by atoms with Gasteiger partial charge in [-0.1, -0.05) is 5.11 Å². The summed E-state index contributed by atoms with van der Waals surface area (Å²) in [6, 6.07) is 1.07. The van der Waals surface area contributed by atoms with Crippen LogP contribution in [0.3, 0.4) is 0 Å². The predicted molar refractivity (Wildman–Crippen MR) is 80.5 cm³/mol. The molecule has 0 amide bonds. The molecule has 1 saturated heterocycles. The van der Waals surface area contributed by atoms with Gasteiger partial charge in [-0.2, -0.15) is 0 Å². The molecule has 0 spiro atoms. The van der Waals surface area contributed by atoms with E-state index in [9.17, 15) is 19.2 Å². The number of aliphatic carboxylic acids is 1. The molecule has 1 aliphatic rings. The summed E-state index contributed by atoms with van der Waals surface area (Å²) < 4.78 is 11.8. The van der Waals surface area contributed by atoms with Crippen LogP contribution >= 0.6 is 0 Å². The van der Waals surface area contributed by atoms with Crippen molar-refractivity contribution in [1.29, 1.82) is 0 Å². The van der Waals surface area contributed by atoms with Crippen LogP contribution in [-0.2, 0) is 19.1 Å². The van der Waals surface area contributed by atoms with Crippen LogP contribution in [0.2, 0.25) is 0 Å². The molecule has 4 atom stereocenters. The summed E-state index contributed by atoms with van der Waals surface area (Å²) in [5.41, 5.74) is 7.03. The van der Waals surface area contributed by atoms with E-state index in [-0.39, 0.29) is 6.54 Å². The second kappa shape index (κ2) is 7.64. The number of hydrogen-bond acceptors (Lipinski definition) is 7. The molecule has 0 saturated carbocycles. The minimum absolute atomic E-state index is 0.208. The van der Waals surface area contributed by atoms with Gasteiger partial charge in [0.1, 0.15) is 0 Å². The fraction of sp³-hybridized carbons (Fsp3) is 0.538. The maximum absolute atomic E-state index is 12.0. The van der Waals surface area contributed by atoms with Gasteiger partial charge in [-0.3, -0.25) is 23.9 Å². The Hall–Kier alpha value is -3.11. The lowest BCUT2D eigenvalue weighted by atomic mass is 9.94. The van der Waals surface area contributed by atoms with Gasteiger partial charge in [-0.05, 0) is 5.53 Å². The zero-order valence-electron chi connectivity index (χ0n) is 13.1. The van der Waals surface area contributed by atoms with Crippen LogP contribution in [0, 0.1) is 5.92 Å². The highest BCUT2D eigenvalue weighted by atomic mass is 16.6. The summed E-state index contributed by atoms with van der Waals surface area (Å²) in [6.45, 7) is 0.923. The smallest absolute Gasteiger partial charge is 0.330 e. The first kappa shape index (κ1) is 18.2. The first-order valence-electron chi connectivity index (χ1n) is 7.20. The van der Waals surface area contributed by atoms with Crippen molar-refractivity contribution in [2.75, 3.05) is 6.54 Å². The molecule has 1 aromatic heterocycles. The van der Waals surface area contributed by atoms with E-state index in [1.807, 2.05) is 4.98 Å². The fourth-order valence-corrected chi connectivity index (χ4v) is 2.71. The van der Waals surface area contributed by atoms with Crippen molar-refractivity contribution in [1.82, 2.24) is 9.55 Å². The number of H-pyrrole nitrogens is 1. The van der Waals surface area contributed by atoms with E-state index in [4.69, 9.17) is 20.1 Å². The van der Waals surface area contributed by atoms with Gasteiger partial charge in [-0.15, -0.1) is 0 Å². The molecule has 12 nitrogen and oxygen atoms in total. The predicted octanol–water partition coefficient (Wildman–Crippen LogP) is -0.233. The number of aromatic nitrogens is 2. The third-order valence-corrected chi connectivity index (χ3v) is 3.66. The molecule has 0 radical (unpaired) electrons. The van der Waals surface area contributed by atoms with Gasteiger partial charge < -0.3 is 14.6 Å². The number of nitrogens with zero attached hydrogens (tertiary/aromatic N) is 4. The lowest BCUT2D eigenvalue weighted by Gasteiger charge is -2.23. The van der Waals surface area contributed by atoms with Gasteiger partial charge in [0, 0.05) is 30.0 Å². The monoisotopic (exact) mass is 353 g/mol. The Kier molecular flexibility index (Phi) is 5.57. The van der Waals surface area contributed by atoms with E-state index in [0.717, 1.165) is 23.8 Å². The van der Waals surface area contributed by atoms with Crippen LogP contribution in [0.15, 0.2) is 27.0 Å². The van der Waals surface area contributed by atoms with E-state index in [0.29, 0.717) is 0 Å². The zero-order valence-corrected chi connectivity index (χ0v) is 13.1. The first-order chi connectivity index (χ1) is 11.8.